The van der Waals surface area contributed by atoms with Crippen LogP contribution in [-0.4, -0.2) is 22.3 Å². The van der Waals surface area contributed by atoms with E-state index in [2.05, 4.69) is 15.8 Å². The van der Waals surface area contributed by atoms with Crippen LogP contribution in [0.2, 0.25) is 5.02 Å². The molecule has 0 amide bonds. The first-order chi connectivity index (χ1) is 10.6. The zero-order chi connectivity index (χ0) is 15.9. The molecular weight excluding hydrogens is 324 g/mol. The second-order valence-electron chi connectivity index (χ2n) is 5.14. The summed E-state index contributed by atoms with van der Waals surface area (Å²) in [7, 11) is 0. The fourth-order valence-corrected chi connectivity index (χ4v) is 2.82. The molecule has 1 aromatic carbocycles. The van der Waals surface area contributed by atoms with E-state index in [0.717, 1.165) is 12.8 Å². The molecule has 1 aliphatic rings. The van der Waals surface area contributed by atoms with Crippen LogP contribution < -0.4 is 10.7 Å². The minimum atomic E-state index is -0.476. The highest BCUT2D eigenvalue weighted by atomic mass is 35.5. The molecule has 0 saturated heterocycles. The Morgan fingerprint density at radius 2 is 2.14 bits per heavy atom. The normalized spacial score (nSPS) is 15.7. The van der Waals surface area contributed by atoms with Gasteiger partial charge in [0.15, 0.2) is 5.11 Å². The topological polar surface area (TPSA) is 79.6 Å². The van der Waals surface area contributed by atoms with Gasteiger partial charge in [-0.3, -0.25) is 15.5 Å². The highest BCUT2D eigenvalue weighted by molar-refractivity contribution is 7.80. The van der Waals surface area contributed by atoms with E-state index in [1.165, 1.54) is 43.7 Å². The van der Waals surface area contributed by atoms with Gasteiger partial charge in [-0.15, -0.1) is 0 Å². The Kier molecular flexibility index (Phi) is 6.09. The third-order valence-corrected chi connectivity index (χ3v) is 3.94. The summed E-state index contributed by atoms with van der Waals surface area (Å²) >= 11 is 11.0. The van der Waals surface area contributed by atoms with Crippen LogP contribution in [0, 0.1) is 10.1 Å². The van der Waals surface area contributed by atoms with Gasteiger partial charge in [0, 0.05) is 17.1 Å². The number of hydrazone groups is 1. The standard InChI is InChI=1S/C14H17ClN4O2S/c15-11-6-7-13(19(20)21)10(8-11)9-16-18-14(22)17-12-4-2-1-3-5-12/h6-9,12H,1-5H2,(H2,17,18,22)/b16-9-. The Morgan fingerprint density at radius 1 is 1.41 bits per heavy atom. The number of rotatable bonds is 4. The molecule has 22 heavy (non-hydrogen) atoms. The molecule has 0 atom stereocenters. The van der Waals surface area contributed by atoms with Crippen LogP contribution in [0.25, 0.3) is 0 Å². The molecule has 118 valence electrons. The maximum atomic E-state index is 10.9. The van der Waals surface area contributed by atoms with Gasteiger partial charge in [-0.05, 0) is 37.2 Å². The van der Waals surface area contributed by atoms with Crippen molar-refractivity contribution in [3.05, 3.63) is 38.9 Å². The number of nitrogens with zero attached hydrogens (tertiary/aromatic N) is 2. The zero-order valence-electron chi connectivity index (χ0n) is 11.9. The zero-order valence-corrected chi connectivity index (χ0v) is 13.5. The third-order valence-electron chi connectivity index (χ3n) is 3.50. The minimum absolute atomic E-state index is 0.0545. The van der Waals surface area contributed by atoms with Gasteiger partial charge in [-0.1, -0.05) is 30.9 Å². The lowest BCUT2D eigenvalue weighted by Gasteiger charge is -2.23. The number of nitrogens with one attached hydrogen (secondary N) is 2. The summed E-state index contributed by atoms with van der Waals surface area (Å²) in [6, 6.07) is 4.69. The van der Waals surface area contributed by atoms with Gasteiger partial charge in [0.1, 0.15) is 0 Å². The fourth-order valence-electron chi connectivity index (χ4n) is 2.42. The van der Waals surface area contributed by atoms with E-state index < -0.39 is 4.92 Å². The maximum Gasteiger partial charge on any atom is 0.278 e. The Morgan fingerprint density at radius 3 is 2.82 bits per heavy atom. The highest BCUT2D eigenvalue weighted by Gasteiger charge is 2.14. The van der Waals surface area contributed by atoms with Crippen molar-refractivity contribution < 1.29 is 4.92 Å². The summed E-state index contributed by atoms with van der Waals surface area (Å²) in [5.41, 5.74) is 2.96. The first-order valence-electron chi connectivity index (χ1n) is 7.10. The van der Waals surface area contributed by atoms with E-state index in [0.29, 0.717) is 21.7 Å². The van der Waals surface area contributed by atoms with Crippen LogP contribution in [0.3, 0.4) is 0 Å². The summed E-state index contributed by atoms with van der Waals surface area (Å²) in [5.74, 6) is 0. The predicted octanol–water partition coefficient (Wildman–Crippen LogP) is 3.38. The molecule has 6 nitrogen and oxygen atoms in total. The molecule has 0 bridgehead atoms. The largest absolute Gasteiger partial charge is 0.359 e. The first kappa shape index (κ1) is 16.6. The maximum absolute atomic E-state index is 10.9. The second kappa shape index (κ2) is 8.05. The molecule has 0 aliphatic heterocycles. The van der Waals surface area contributed by atoms with Crippen LogP contribution in [0.1, 0.15) is 37.7 Å². The molecule has 0 heterocycles. The molecule has 0 spiro atoms. The van der Waals surface area contributed by atoms with Crippen molar-refractivity contribution in [1.29, 1.82) is 0 Å². The second-order valence-corrected chi connectivity index (χ2v) is 5.98. The van der Waals surface area contributed by atoms with E-state index >= 15 is 0 Å². The van der Waals surface area contributed by atoms with Crippen LogP contribution >= 0.6 is 23.8 Å². The Balaban J connectivity index is 1.93. The van der Waals surface area contributed by atoms with E-state index in [4.69, 9.17) is 23.8 Å². The minimum Gasteiger partial charge on any atom is -0.359 e. The predicted molar refractivity (Wildman–Crippen MR) is 91.4 cm³/mol. The van der Waals surface area contributed by atoms with E-state index in [9.17, 15) is 10.1 Å². The average Bonchev–Trinajstić information content (AvgIpc) is 2.48. The molecule has 1 fully saturated rings. The average molecular weight is 341 g/mol. The summed E-state index contributed by atoms with van der Waals surface area (Å²) in [6.45, 7) is 0. The van der Waals surface area contributed by atoms with E-state index in [-0.39, 0.29) is 5.69 Å². The molecule has 8 heteroatoms. The molecule has 0 unspecified atom stereocenters. The summed E-state index contributed by atoms with van der Waals surface area (Å²) in [5, 5.41) is 18.9. The molecule has 1 saturated carbocycles. The quantitative estimate of drug-likeness (QED) is 0.380. The third kappa shape index (κ3) is 4.92. The Hall–Kier alpha value is -1.73. The van der Waals surface area contributed by atoms with Crippen LogP contribution in [0.4, 0.5) is 5.69 Å². The SMILES string of the molecule is O=[N+]([O-])c1ccc(Cl)cc1/C=N\NC(=S)NC1CCCCC1. The van der Waals surface area contributed by atoms with Crippen molar-refractivity contribution in [2.45, 2.75) is 38.1 Å². The van der Waals surface area contributed by atoms with Crippen molar-refractivity contribution in [1.82, 2.24) is 10.7 Å². The lowest BCUT2D eigenvalue weighted by Crippen LogP contribution is -2.40. The van der Waals surface area contributed by atoms with Crippen molar-refractivity contribution in [3.8, 4) is 0 Å². The van der Waals surface area contributed by atoms with Gasteiger partial charge >= 0.3 is 0 Å². The Bertz CT molecular complexity index is 588. The van der Waals surface area contributed by atoms with E-state index in [1.807, 2.05) is 0 Å². The Labute approximate surface area is 139 Å². The number of halogens is 1. The molecule has 2 rings (SSSR count). The van der Waals surface area contributed by atoms with Crippen LogP contribution in [-0.2, 0) is 0 Å². The van der Waals surface area contributed by atoms with Crippen LogP contribution in [0.15, 0.2) is 23.3 Å². The number of nitro groups is 1. The van der Waals surface area contributed by atoms with Gasteiger partial charge in [0.05, 0.1) is 16.7 Å². The summed E-state index contributed by atoms with van der Waals surface area (Å²) in [4.78, 5) is 10.5. The number of hydrogen-bond donors (Lipinski definition) is 2. The van der Waals surface area contributed by atoms with E-state index in [1.54, 1.807) is 0 Å². The highest BCUT2D eigenvalue weighted by Crippen LogP contribution is 2.21. The lowest BCUT2D eigenvalue weighted by atomic mass is 9.96. The molecule has 0 aromatic heterocycles. The summed E-state index contributed by atoms with van der Waals surface area (Å²) in [6.07, 6.45) is 7.24. The summed E-state index contributed by atoms with van der Waals surface area (Å²) < 4.78 is 0. The van der Waals surface area contributed by atoms with Gasteiger partial charge in [-0.2, -0.15) is 5.10 Å². The smallest absolute Gasteiger partial charge is 0.278 e. The molecule has 1 aliphatic carbocycles. The monoisotopic (exact) mass is 340 g/mol. The fraction of sp³-hybridized carbons (Fsp3) is 0.429. The lowest BCUT2D eigenvalue weighted by molar-refractivity contribution is -0.385. The molecule has 2 N–H and O–H groups in total. The van der Waals surface area contributed by atoms with Crippen molar-refractivity contribution in [2.24, 2.45) is 5.10 Å². The van der Waals surface area contributed by atoms with Gasteiger partial charge < -0.3 is 5.32 Å². The van der Waals surface area contributed by atoms with Crippen molar-refractivity contribution in [2.75, 3.05) is 0 Å². The van der Waals surface area contributed by atoms with Crippen molar-refractivity contribution in [3.63, 3.8) is 0 Å². The van der Waals surface area contributed by atoms with Gasteiger partial charge in [0.25, 0.3) is 5.69 Å². The molecule has 0 radical (unpaired) electrons. The molecule has 1 aromatic rings. The number of hydrogen-bond acceptors (Lipinski definition) is 4. The van der Waals surface area contributed by atoms with Gasteiger partial charge in [0.2, 0.25) is 0 Å². The van der Waals surface area contributed by atoms with Gasteiger partial charge in [-0.25, -0.2) is 0 Å². The first-order valence-corrected chi connectivity index (χ1v) is 7.88. The van der Waals surface area contributed by atoms with Crippen molar-refractivity contribution >= 4 is 40.8 Å². The number of nitro benzene ring substituents is 1. The van der Waals surface area contributed by atoms with Crippen LogP contribution in [0.5, 0.6) is 0 Å². The number of thiocarbonyl (C=S) groups is 1. The molecular formula is C14H17ClN4O2S. The number of benzene rings is 1.